The van der Waals surface area contributed by atoms with E-state index in [1.165, 1.54) is 0 Å². The number of nitrogen functional groups attached to an aromatic ring is 1. The van der Waals surface area contributed by atoms with Crippen LogP contribution in [0.2, 0.25) is 0 Å². The van der Waals surface area contributed by atoms with Crippen LogP contribution in [0.1, 0.15) is 19.7 Å². The number of hydrogen-bond donors (Lipinski definition) is 3. The van der Waals surface area contributed by atoms with Crippen LogP contribution in [0.5, 0.6) is 0 Å². The van der Waals surface area contributed by atoms with E-state index < -0.39 is 0 Å². The Hall–Kier alpha value is -1.20. The Balaban J connectivity index is 1.96. The molecule has 1 aromatic heterocycles. The Labute approximate surface area is 111 Å². The van der Waals surface area contributed by atoms with Crippen LogP contribution in [0.3, 0.4) is 0 Å². The monoisotopic (exact) mass is 265 g/mol. The highest BCUT2D eigenvalue weighted by molar-refractivity contribution is 7.99. The molecule has 0 saturated carbocycles. The molecule has 0 bridgehead atoms. The van der Waals surface area contributed by atoms with Crippen LogP contribution in [0, 0.1) is 0 Å². The van der Waals surface area contributed by atoms with Gasteiger partial charge in [0.2, 0.25) is 0 Å². The summed E-state index contributed by atoms with van der Waals surface area (Å²) in [5.41, 5.74) is 8.41. The molecule has 0 saturated heterocycles. The van der Waals surface area contributed by atoms with Crippen molar-refractivity contribution in [3.63, 3.8) is 0 Å². The molecule has 0 spiro atoms. The molecule has 2 atom stereocenters. The highest BCUT2D eigenvalue weighted by atomic mass is 32.2. The van der Waals surface area contributed by atoms with Crippen LogP contribution < -0.4 is 5.73 Å². The summed E-state index contributed by atoms with van der Waals surface area (Å²) < 4.78 is 0. The summed E-state index contributed by atoms with van der Waals surface area (Å²) in [7, 11) is 0. The number of benzene rings is 1. The minimum Gasteiger partial charge on any atom is -0.399 e. The summed E-state index contributed by atoms with van der Waals surface area (Å²) in [5.74, 6) is 1.92. The molecule has 0 aliphatic heterocycles. The number of fused-ring (bicyclic) bond motifs is 1. The van der Waals surface area contributed by atoms with Crippen molar-refractivity contribution in [2.45, 2.75) is 31.6 Å². The number of hydrogen-bond acceptors (Lipinski definition) is 4. The molecule has 98 valence electrons. The molecular formula is C13H19N3OS. The number of anilines is 1. The van der Waals surface area contributed by atoms with Gasteiger partial charge in [-0.1, -0.05) is 6.92 Å². The number of nitrogens with two attached hydrogens (primary N) is 1. The Morgan fingerprint density at radius 2 is 2.22 bits per heavy atom. The average Bonchev–Trinajstić information content (AvgIpc) is 2.70. The Kier molecular flexibility index (Phi) is 4.14. The van der Waals surface area contributed by atoms with Crippen LogP contribution in [-0.2, 0) is 6.42 Å². The number of aryl methyl sites for hydroxylation is 1. The van der Waals surface area contributed by atoms with Crippen LogP contribution in [-0.4, -0.2) is 32.2 Å². The molecule has 1 heterocycles. The summed E-state index contributed by atoms with van der Waals surface area (Å²) in [6, 6.07) is 5.69. The van der Waals surface area contributed by atoms with Gasteiger partial charge in [-0.2, -0.15) is 11.8 Å². The number of aromatic nitrogens is 2. The van der Waals surface area contributed by atoms with Gasteiger partial charge < -0.3 is 15.8 Å². The molecule has 4 nitrogen and oxygen atoms in total. The molecule has 4 N–H and O–H groups in total. The van der Waals surface area contributed by atoms with Gasteiger partial charge in [0.15, 0.2) is 0 Å². The molecule has 5 heteroatoms. The van der Waals surface area contributed by atoms with Gasteiger partial charge in [0.05, 0.1) is 17.1 Å². The lowest BCUT2D eigenvalue weighted by atomic mass is 10.3. The maximum absolute atomic E-state index is 9.40. The van der Waals surface area contributed by atoms with Crippen molar-refractivity contribution in [1.29, 1.82) is 0 Å². The van der Waals surface area contributed by atoms with Crippen molar-refractivity contribution in [2.24, 2.45) is 0 Å². The van der Waals surface area contributed by atoms with E-state index in [0.29, 0.717) is 0 Å². The number of nitrogens with one attached hydrogen (secondary N) is 1. The van der Waals surface area contributed by atoms with E-state index in [1.807, 2.05) is 32.0 Å². The highest BCUT2D eigenvalue weighted by Crippen LogP contribution is 2.18. The van der Waals surface area contributed by atoms with E-state index in [4.69, 9.17) is 5.73 Å². The topological polar surface area (TPSA) is 74.9 Å². The lowest BCUT2D eigenvalue weighted by Crippen LogP contribution is -2.16. The Morgan fingerprint density at radius 1 is 1.44 bits per heavy atom. The third-order valence-electron chi connectivity index (χ3n) is 2.95. The maximum atomic E-state index is 9.40. The average molecular weight is 265 g/mol. The maximum Gasteiger partial charge on any atom is 0.108 e. The number of nitrogens with zero attached hydrogens (tertiary/aromatic N) is 1. The zero-order chi connectivity index (χ0) is 13.1. The Morgan fingerprint density at radius 3 is 2.94 bits per heavy atom. The lowest BCUT2D eigenvalue weighted by molar-refractivity contribution is 0.196. The van der Waals surface area contributed by atoms with Gasteiger partial charge in [-0.25, -0.2) is 4.98 Å². The minimum absolute atomic E-state index is 0.255. The number of aliphatic hydroxyl groups excluding tert-OH is 1. The number of aliphatic hydroxyl groups is 1. The molecule has 2 aromatic rings. The largest absolute Gasteiger partial charge is 0.399 e. The van der Waals surface area contributed by atoms with Gasteiger partial charge in [-0.3, -0.25) is 0 Å². The fourth-order valence-corrected chi connectivity index (χ4v) is 2.64. The van der Waals surface area contributed by atoms with Crippen molar-refractivity contribution in [2.75, 3.05) is 11.5 Å². The molecule has 18 heavy (non-hydrogen) atoms. The molecule has 2 rings (SSSR count). The quantitative estimate of drug-likeness (QED) is 0.724. The highest BCUT2D eigenvalue weighted by Gasteiger charge is 2.09. The molecular weight excluding hydrogens is 246 g/mol. The van der Waals surface area contributed by atoms with Crippen molar-refractivity contribution in [1.82, 2.24) is 9.97 Å². The van der Waals surface area contributed by atoms with Gasteiger partial charge in [0.25, 0.3) is 0 Å². The lowest BCUT2D eigenvalue weighted by Gasteiger charge is -2.12. The van der Waals surface area contributed by atoms with E-state index in [1.54, 1.807) is 11.8 Å². The van der Waals surface area contributed by atoms with Gasteiger partial charge in [0, 0.05) is 23.1 Å². The number of aromatic amines is 1. The zero-order valence-corrected chi connectivity index (χ0v) is 11.5. The summed E-state index contributed by atoms with van der Waals surface area (Å²) in [4.78, 5) is 7.78. The number of thioether (sulfide) groups is 1. The smallest absolute Gasteiger partial charge is 0.108 e. The van der Waals surface area contributed by atoms with Gasteiger partial charge in [0.1, 0.15) is 5.82 Å². The first-order valence-electron chi connectivity index (χ1n) is 6.10. The molecule has 0 radical (unpaired) electrons. The minimum atomic E-state index is -0.273. The van der Waals surface area contributed by atoms with E-state index in [0.717, 1.165) is 34.7 Å². The summed E-state index contributed by atoms with van der Waals surface area (Å²) in [5, 5.41) is 9.66. The van der Waals surface area contributed by atoms with E-state index in [9.17, 15) is 5.11 Å². The van der Waals surface area contributed by atoms with Crippen molar-refractivity contribution < 1.29 is 5.11 Å². The van der Waals surface area contributed by atoms with Gasteiger partial charge >= 0.3 is 0 Å². The second-order valence-electron chi connectivity index (χ2n) is 4.53. The normalized spacial score (nSPS) is 14.8. The first kappa shape index (κ1) is 13.2. The second-order valence-corrected chi connectivity index (χ2v) is 6.01. The fourth-order valence-electron chi connectivity index (χ4n) is 1.68. The van der Waals surface area contributed by atoms with Crippen LogP contribution in [0.4, 0.5) is 5.69 Å². The third-order valence-corrected chi connectivity index (χ3v) is 4.31. The van der Waals surface area contributed by atoms with Crippen LogP contribution in [0.25, 0.3) is 11.0 Å². The van der Waals surface area contributed by atoms with E-state index in [-0.39, 0.29) is 11.4 Å². The fraction of sp³-hybridized carbons (Fsp3) is 0.462. The van der Waals surface area contributed by atoms with Crippen LogP contribution >= 0.6 is 11.8 Å². The predicted molar refractivity (Wildman–Crippen MR) is 77.8 cm³/mol. The van der Waals surface area contributed by atoms with E-state index >= 15 is 0 Å². The van der Waals surface area contributed by atoms with Crippen LogP contribution in [0.15, 0.2) is 18.2 Å². The molecule has 0 aliphatic carbocycles. The molecule has 0 amide bonds. The third kappa shape index (κ3) is 3.17. The summed E-state index contributed by atoms with van der Waals surface area (Å²) in [6.07, 6.45) is 0.599. The standard InChI is InChI=1S/C13H19N3OS/c1-8(17)9(2)18-6-5-13-15-11-4-3-10(14)7-12(11)16-13/h3-4,7-9,17H,5-6,14H2,1-2H3,(H,15,16). The number of H-pyrrole nitrogens is 1. The summed E-state index contributed by atoms with van der Waals surface area (Å²) in [6.45, 7) is 3.86. The summed E-state index contributed by atoms with van der Waals surface area (Å²) >= 11 is 1.76. The molecule has 2 unspecified atom stereocenters. The number of imidazole rings is 1. The first-order chi connectivity index (χ1) is 8.56. The van der Waals surface area contributed by atoms with Crippen molar-refractivity contribution in [3.8, 4) is 0 Å². The first-order valence-corrected chi connectivity index (χ1v) is 7.15. The molecule has 0 aliphatic rings. The van der Waals surface area contributed by atoms with Gasteiger partial charge in [-0.05, 0) is 25.1 Å². The molecule has 1 aromatic carbocycles. The number of rotatable bonds is 5. The predicted octanol–water partition coefficient (Wildman–Crippen LogP) is 2.19. The Bertz CT molecular complexity index is 524. The van der Waals surface area contributed by atoms with Crippen molar-refractivity contribution in [3.05, 3.63) is 24.0 Å². The van der Waals surface area contributed by atoms with Crippen molar-refractivity contribution >= 4 is 28.5 Å². The van der Waals surface area contributed by atoms with E-state index in [2.05, 4.69) is 9.97 Å². The van der Waals surface area contributed by atoms with Gasteiger partial charge in [-0.15, -0.1) is 0 Å². The second kappa shape index (κ2) is 5.63. The SMILES string of the molecule is CC(O)C(C)SCCc1nc2ccc(N)cc2[nH]1. The zero-order valence-electron chi connectivity index (χ0n) is 10.7. The molecule has 0 fully saturated rings.